The van der Waals surface area contributed by atoms with Crippen LogP contribution in [0.4, 0.5) is 13.2 Å². The average molecular weight is 502 g/mol. The van der Waals surface area contributed by atoms with Crippen LogP contribution in [0.3, 0.4) is 0 Å². The molecule has 0 bridgehead atoms. The maximum Gasteiger partial charge on any atom is 0.422 e. The summed E-state index contributed by atoms with van der Waals surface area (Å²) in [4.78, 5) is 15.7. The first-order chi connectivity index (χ1) is 12.0. The number of guanidine groups is 1. The molecule has 10 heteroatoms. The van der Waals surface area contributed by atoms with Crippen LogP contribution in [0.15, 0.2) is 29.3 Å². The molecule has 0 aliphatic rings. The number of carbonyl (C=O) groups is 1. The van der Waals surface area contributed by atoms with Gasteiger partial charge in [0.05, 0.1) is 12.0 Å². The first-order valence-corrected chi connectivity index (χ1v) is 8.14. The number of amides is 1. The third kappa shape index (κ3) is 10.3. The van der Waals surface area contributed by atoms with Gasteiger partial charge in [-0.15, -0.1) is 24.0 Å². The lowest BCUT2D eigenvalue weighted by molar-refractivity contribution is -0.153. The molecule has 27 heavy (non-hydrogen) atoms. The SMILES string of the molecule is CCNC(=NCc1ccc(OCC(F)(F)F)cc1)NCC(C)(C)C(N)=O.I. The molecule has 0 saturated heterocycles. The quantitative estimate of drug-likeness (QED) is 0.290. The molecule has 0 aromatic heterocycles. The third-order valence-electron chi connectivity index (χ3n) is 3.45. The number of aliphatic imine (C=N–C) groups is 1. The molecule has 4 N–H and O–H groups in total. The Balaban J connectivity index is 0.00000676. The summed E-state index contributed by atoms with van der Waals surface area (Å²) >= 11 is 0. The number of nitrogens with zero attached hydrogens (tertiary/aromatic N) is 1. The fourth-order valence-corrected chi connectivity index (χ4v) is 1.76. The van der Waals surface area contributed by atoms with Gasteiger partial charge < -0.3 is 21.1 Å². The summed E-state index contributed by atoms with van der Waals surface area (Å²) < 4.78 is 41.0. The van der Waals surface area contributed by atoms with Gasteiger partial charge in [0.25, 0.3) is 0 Å². The van der Waals surface area contributed by atoms with Crippen LogP contribution in [-0.2, 0) is 11.3 Å². The summed E-state index contributed by atoms with van der Waals surface area (Å²) in [6.45, 7) is 5.30. The average Bonchev–Trinajstić information content (AvgIpc) is 2.55. The maximum atomic E-state index is 12.1. The van der Waals surface area contributed by atoms with Gasteiger partial charge in [0.15, 0.2) is 12.6 Å². The van der Waals surface area contributed by atoms with Crippen molar-refractivity contribution in [2.24, 2.45) is 16.1 Å². The highest BCUT2D eigenvalue weighted by molar-refractivity contribution is 14.0. The third-order valence-corrected chi connectivity index (χ3v) is 3.45. The molecular formula is C17H26F3IN4O2. The number of alkyl halides is 3. The minimum Gasteiger partial charge on any atom is -0.484 e. The van der Waals surface area contributed by atoms with E-state index in [1.54, 1.807) is 26.0 Å². The highest BCUT2D eigenvalue weighted by atomic mass is 127. The second kappa shape index (κ2) is 11.2. The Morgan fingerprint density at radius 1 is 1.19 bits per heavy atom. The van der Waals surface area contributed by atoms with Crippen LogP contribution >= 0.6 is 24.0 Å². The molecule has 0 heterocycles. The van der Waals surface area contributed by atoms with E-state index in [9.17, 15) is 18.0 Å². The number of halogens is 4. The van der Waals surface area contributed by atoms with Gasteiger partial charge in [0, 0.05) is 13.1 Å². The summed E-state index contributed by atoms with van der Waals surface area (Å²) in [5, 5.41) is 6.10. The summed E-state index contributed by atoms with van der Waals surface area (Å²) in [6, 6.07) is 6.22. The van der Waals surface area contributed by atoms with Crippen molar-refractivity contribution in [3.05, 3.63) is 29.8 Å². The van der Waals surface area contributed by atoms with Crippen molar-refractivity contribution < 1.29 is 22.7 Å². The minimum atomic E-state index is -4.37. The van der Waals surface area contributed by atoms with Crippen LogP contribution in [-0.4, -0.2) is 37.7 Å². The molecule has 0 aliphatic carbocycles. The number of nitrogens with one attached hydrogen (secondary N) is 2. The number of benzene rings is 1. The number of carbonyl (C=O) groups excluding carboxylic acids is 1. The van der Waals surface area contributed by atoms with E-state index in [2.05, 4.69) is 20.4 Å². The predicted octanol–water partition coefficient (Wildman–Crippen LogP) is 2.81. The first-order valence-electron chi connectivity index (χ1n) is 8.14. The second-order valence-corrected chi connectivity index (χ2v) is 6.34. The van der Waals surface area contributed by atoms with Gasteiger partial charge in [-0.3, -0.25) is 4.79 Å². The van der Waals surface area contributed by atoms with Gasteiger partial charge in [-0.25, -0.2) is 4.99 Å². The smallest absolute Gasteiger partial charge is 0.422 e. The number of ether oxygens (including phenoxy) is 1. The van der Waals surface area contributed by atoms with Gasteiger partial charge in [-0.2, -0.15) is 13.2 Å². The molecule has 0 fully saturated rings. The summed E-state index contributed by atoms with van der Waals surface area (Å²) in [5.41, 5.74) is 5.41. The normalized spacial score (nSPS) is 12.1. The number of primary amides is 1. The number of hydrogen-bond donors (Lipinski definition) is 3. The predicted molar refractivity (Wildman–Crippen MR) is 109 cm³/mol. The summed E-state index contributed by atoms with van der Waals surface area (Å²) in [5.74, 6) is 0.234. The van der Waals surface area contributed by atoms with Crippen LogP contribution in [0.25, 0.3) is 0 Å². The van der Waals surface area contributed by atoms with Crippen molar-refractivity contribution in [1.29, 1.82) is 0 Å². The molecular weight excluding hydrogens is 476 g/mol. The van der Waals surface area contributed by atoms with Gasteiger partial charge in [0.1, 0.15) is 5.75 Å². The van der Waals surface area contributed by atoms with Crippen molar-refractivity contribution in [1.82, 2.24) is 10.6 Å². The van der Waals surface area contributed by atoms with Crippen LogP contribution in [0.2, 0.25) is 0 Å². The topological polar surface area (TPSA) is 88.7 Å². The molecule has 1 aromatic carbocycles. The Hall–Kier alpha value is -1.72. The highest BCUT2D eigenvalue weighted by Crippen LogP contribution is 2.19. The van der Waals surface area contributed by atoms with Gasteiger partial charge in [0.2, 0.25) is 5.91 Å². The molecule has 0 spiro atoms. The second-order valence-electron chi connectivity index (χ2n) is 6.34. The minimum absolute atomic E-state index is 0. The largest absolute Gasteiger partial charge is 0.484 e. The van der Waals surface area contributed by atoms with Crippen molar-refractivity contribution in [2.45, 2.75) is 33.5 Å². The van der Waals surface area contributed by atoms with Crippen LogP contribution < -0.4 is 21.1 Å². The summed E-state index contributed by atoms with van der Waals surface area (Å²) in [6.07, 6.45) is -4.37. The Bertz CT molecular complexity index is 620. The van der Waals surface area contributed by atoms with Crippen molar-refractivity contribution in [3.8, 4) is 5.75 Å². The number of nitrogens with two attached hydrogens (primary N) is 1. The molecule has 1 aromatic rings. The Labute approximate surface area is 174 Å². The zero-order valence-electron chi connectivity index (χ0n) is 15.5. The molecule has 6 nitrogen and oxygen atoms in total. The Morgan fingerprint density at radius 2 is 1.78 bits per heavy atom. The molecule has 0 aliphatic heterocycles. The van der Waals surface area contributed by atoms with Crippen molar-refractivity contribution >= 4 is 35.8 Å². The summed E-state index contributed by atoms with van der Waals surface area (Å²) in [7, 11) is 0. The van der Waals surface area contributed by atoms with Crippen LogP contribution in [0.5, 0.6) is 5.75 Å². The van der Waals surface area contributed by atoms with Crippen LogP contribution in [0, 0.1) is 5.41 Å². The number of hydrogen-bond acceptors (Lipinski definition) is 3. The Kier molecular flexibility index (Phi) is 10.5. The lowest BCUT2D eigenvalue weighted by atomic mass is 9.93. The van der Waals surface area contributed by atoms with E-state index in [4.69, 9.17) is 5.73 Å². The highest BCUT2D eigenvalue weighted by Gasteiger charge is 2.28. The first kappa shape index (κ1) is 25.3. The zero-order valence-corrected chi connectivity index (χ0v) is 17.9. The molecule has 0 saturated carbocycles. The van der Waals surface area contributed by atoms with E-state index in [1.807, 2.05) is 6.92 Å². The van der Waals surface area contributed by atoms with Crippen molar-refractivity contribution in [2.75, 3.05) is 19.7 Å². The van der Waals surface area contributed by atoms with Crippen LogP contribution in [0.1, 0.15) is 26.3 Å². The van der Waals surface area contributed by atoms with E-state index in [0.717, 1.165) is 5.56 Å². The van der Waals surface area contributed by atoms with Gasteiger partial charge >= 0.3 is 6.18 Å². The standard InChI is InChI=1S/C17H25F3N4O2.HI/c1-4-22-15(24-10-16(2,3)14(21)25)23-9-12-5-7-13(8-6-12)26-11-17(18,19)20;/h5-8H,4,9-11H2,1-3H3,(H2,21,25)(H2,22,23,24);1H. The Morgan fingerprint density at radius 3 is 2.26 bits per heavy atom. The fraction of sp³-hybridized carbons (Fsp3) is 0.529. The van der Waals surface area contributed by atoms with E-state index < -0.39 is 24.1 Å². The van der Waals surface area contributed by atoms with Crippen molar-refractivity contribution in [3.63, 3.8) is 0 Å². The lowest BCUT2D eigenvalue weighted by Crippen LogP contribution is -2.46. The van der Waals surface area contributed by atoms with Gasteiger partial charge in [-0.1, -0.05) is 12.1 Å². The van der Waals surface area contributed by atoms with E-state index in [1.165, 1.54) is 12.1 Å². The molecule has 1 amide bonds. The maximum absolute atomic E-state index is 12.1. The molecule has 0 radical (unpaired) electrons. The fourth-order valence-electron chi connectivity index (χ4n) is 1.76. The van der Waals surface area contributed by atoms with E-state index in [0.29, 0.717) is 25.6 Å². The molecule has 0 atom stereocenters. The van der Waals surface area contributed by atoms with E-state index in [-0.39, 0.29) is 29.7 Å². The number of rotatable bonds is 8. The molecule has 1 rings (SSSR count). The monoisotopic (exact) mass is 502 g/mol. The molecule has 0 unspecified atom stereocenters. The lowest BCUT2D eigenvalue weighted by Gasteiger charge is -2.22. The molecule has 154 valence electrons. The van der Waals surface area contributed by atoms with E-state index >= 15 is 0 Å². The van der Waals surface area contributed by atoms with Gasteiger partial charge in [-0.05, 0) is 38.5 Å². The zero-order chi connectivity index (χ0) is 19.8.